The van der Waals surface area contributed by atoms with Gasteiger partial charge in [0.25, 0.3) is 0 Å². The smallest absolute Gasteiger partial charge is 0.124 e. The summed E-state index contributed by atoms with van der Waals surface area (Å²) in [5.41, 5.74) is 7.86. The van der Waals surface area contributed by atoms with E-state index >= 15 is 0 Å². The molecule has 3 nitrogen and oxygen atoms in total. The molecule has 1 aromatic heterocycles. The normalized spacial score (nSPS) is 11.9. The van der Waals surface area contributed by atoms with Gasteiger partial charge in [-0.2, -0.15) is 0 Å². The Bertz CT molecular complexity index is 586. The number of benzene rings is 1. The summed E-state index contributed by atoms with van der Waals surface area (Å²) in [6.45, 7) is 1.99. The molecule has 0 amide bonds. The zero-order valence-electron chi connectivity index (χ0n) is 10.4. The first kappa shape index (κ1) is 13.4. The molecule has 2 rings (SSSR count). The third kappa shape index (κ3) is 3.26. The molecule has 2 aromatic rings. The summed E-state index contributed by atoms with van der Waals surface area (Å²) < 4.78 is 13.2. The third-order valence-electron chi connectivity index (χ3n) is 2.80. The van der Waals surface area contributed by atoms with Crippen LogP contribution in [0.5, 0.6) is 0 Å². The van der Waals surface area contributed by atoms with Crippen molar-refractivity contribution in [1.82, 2.24) is 4.98 Å². The van der Waals surface area contributed by atoms with Gasteiger partial charge in [0, 0.05) is 23.6 Å². The van der Waals surface area contributed by atoms with Crippen LogP contribution >= 0.6 is 12.2 Å². The van der Waals surface area contributed by atoms with Crippen molar-refractivity contribution in [3.63, 3.8) is 0 Å². The van der Waals surface area contributed by atoms with E-state index in [9.17, 15) is 4.39 Å². The van der Waals surface area contributed by atoms with E-state index in [0.717, 1.165) is 5.56 Å². The van der Waals surface area contributed by atoms with E-state index in [4.69, 9.17) is 18.0 Å². The van der Waals surface area contributed by atoms with Gasteiger partial charge in [-0.05, 0) is 36.8 Å². The number of pyridine rings is 1. The van der Waals surface area contributed by atoms with Crippen molar-refractivity contribution in [2.24, 2.45) is 5.73 Å². The van der Waals surface area contributed by atoms with Crippen LogP contribution < -0.4 is 11.1 Å². The topological polar surface area (TPSA) is 50.9 Å². The van der Waals surface area contributed by atoms with Crippen molar-refractivity contribution >= 4 is 22.9 Å². The van der Waals surface area contributed by atoms with E-state index in [-0.39, 0.29) is 16.8 Å². The molecule has 0 fully saturated rings. The Balaban J connectivity index is 2.26. The molecule has 98 valence electrons. The van der Waals surface area contributed by atoms with Gasteiger partial charge in [-0.15, -0.1) is 0 Å². The van der Waals surface area contributed by atoms with Gasteiger partial charge in [0.1, 0.15) is 10.8 Å². The maximum absolute atomic E-state index is 13.2. The molecule has 0 saturated heterocycles. The van der Waals surface area contributed by atoms with Crippen LogP contribution in [0.2, 0.25) is 0 Å². The molecule has 0 aliphatic heterocycles. The van der Waals surface area contributed by atoms with E-state index in [1.54, 1.807) is 18.5 Å². The maximum atomic E-state index is 13.2. The number of anilines is 1. The molecule has 0 bridgehead atoms. The molecule has 0 aliphatic carbocycles. The molecule has 0 radical (unpaired) electrons. The Morgan fingerprint density at radius 2 is 2.21 bits per heavy atom. The molecule has 5 heteroatoms. The molecule has 0 saturated carbocycles. The van der Waals surface area contributed by atoms with Crippen molar-refractivity contribution < 1.29 is 4.39 Å². The number of hydrogen-bond donors (Lipinski definition) is 2. The summed E-state index contributed by atoms with van der Waals surface area (Å²) in [6.07, 6.45) is 3.50. The molecule has 1 unspecified atom stereocenters. The Hall–Kier alpha value is -2.01. The van der Waals surface area contributed by atoms with Crippen LogP contribution in [0, 0.1) is 5.82 Å². The minimum absolute atomic E-state index is 0.0206. The monoisotopic (exact) mass is 275 g/mol. The lowest BCUT2D eigenvalue weighted by Gasteiger charge is -2.18. The molecule has 0 spiro atoms. The first-order valence-corrected chi connectivity index (χ1v) is 6.24. The van der Waals surface area contributed by atoms with Gasteiger partial charge in [-0.3, -0.25) is 4.98 Å². The Labute approximate surface area is 116 Å². The predicted molar refractivity (Wildman–Crippen MR) is 78.6 cm³/mol. The second-order valence-electron chi connectivity index (χ2n) is 4.21. The number of thiocarbonyl (C=S) groups is 1. The van der Waals surface area contributed by atoms with Gasteiger partial charge in [-0.1, -0.05) is 18.3 Å². The molecule has 1 atom stereocenters. The summed E-state index contributed by atoms with van der Waals surface area (Å²) in [6, 6.07) is 8.20. The highest BCUT2D eigenvalue weighted by Crippen LogP contribution is 2.22. The standard InChI is InChI=1S/C14H14FN3S/c1-9(10-3-2-6-17-8-10)18-13-5-4-11(15)7-12(13)14(16)19/h2-9,18H,1H3,(H2,16,19). The van der Waals surface area contributed by atoms with Crippen LogP contribution in [0.3, 0.4) is 0 Å². The Morgan fingerprint density at radius 1 is 1.42 bits per heavy atom. The summed E-state index contributed by atoms with van der Waals surface area (Å²) in [5.74, 6) is -0.359. The number of nitrogens with zero attached hydrogens (tertiary/aromatic N) is 1. The fraction of sp³-hybridized carbons (Fsp3) is 0.143. The highest BCUT2D eigenvalue weighted by atomic mass is 32.1. The summed E-state index contributed by atoms with van der Waals surface area (Å²) in [4.78, 5) is 4.24. The first-order valence-electron chi connectivity index (χ1n) is 5.83. The average molecular weight is 275 g/mol. The van der Waals surface area contributed by atoms with Crippen molar-refractivity contribution in [2.75, 3.05) is 5.32 Å². The quantitative estimate of drug-likeness (QED) is 0.842. The van der Waals surface area contributed by atoms with Gasteiger partial charge in [0.15, 0.2) is 0 Å². The number of rotatable bonds is 4. The molecule has 1 heterocycles. The van der Waals surface area contributed by atoms with Crippen LogP contribution in [0.1, 0.15) is 24.1 Å². The molecular formula is C14H14FN3S. The zero-order chi connectivity index (χ0) is 13.8. The van der Waals surface area contributed by atoms with Crippen LogP contribution in [-0.2, 0) is 0 Å². The fourth-order valence-corrected chi connectivity index (χ4v) is 1.96. The molecule has 19 heavy (non-hydrogen) atoms. The van der Waals surface area contributed by atoms with Gasteiger partial charge in [0.2, 0.25) is 0 Å². The fourth-order valence-electron chi connectivity index (χ4n) is 1.79. The second-order valence-corrected chi connectivity index (χ2v) is 4.65. The molecular weight excluding hydrogens is 261 g/mol. The minimum Gasteiger partial charge on any atom is -0.389 e. The molecule has 3 N–H and O–H groups in total. The summed E-state index contributed by atoms with van der Waals surface area (Å²) in [7, 11) is 0. The number of hydrogen-bond acceptors (Lipinski definition) is 3. The van der Waals surface area contributed by atoms with Crippen molar-refractivity contribution in [2.45, 2.75) is 13.0 Å². The molecule has 0 aliphatic rings. The lowest BCUT2D eigenvalue weighted by molar-refractivity contribution is 0.627. The van der Waals surface area contributed by atoms with Crippen LogP contribution in [0.25, 0.3) is 0 Å². The Morgan fingerprint density at radius 3 is 2.84 bits per heavy atom. The van der Waals surface area contributed by atoms with Crippen molar-refractivity contribution in [3.05, 3.63) is 59.7 Å². The van der Waals surface area contributed by atoms with Crippen molar-refractivity contribution in [1.29, 1.82) is 0 Å². The summed E-state index contributed by atoms with van der Waals surface area (Å²) >= 11 is 4.94. The van der Waals surface area contributed by atoms with E-state index in [0.29, 0.717) is 11.3 Å². The number of nitrogens with two attached hydrogens (primary N) is 1. The predicted octanol–water partition coefficient (Wildman–Crippen LogP) is 3.03. The van der Waals surface area contributed by atoms with Crippen LogP contribution in [0.15, 0.2) is 42.7 Å². The maximum Gasteiger partial charge on any atom is 0.124 e. The highest BCUT2D eigenvalue weighted by molar-refractivity contribution is 7.80. The molecule has 1 aromatic carbocycles. The minimum atomic E-state index is -0.359. The first-order chi connectivity index (χ1) is 9.08. The lowest BCUT2D eigenvalue weighted by atomic mass is 10.1. The lowest BCUT2D eigenvalue weighted by Crippen LogP contribution is -2.15. The van der Waals surface area contributed by atoms with Crippen LogP contribution in [-0.4, -0.2) is 9.97 Å². The number of nitrogens with one attached hydrogen (secondary N) is 1. The Kier molecular flexibility index (Phi) is 4.06. The van der Waals surface area contributed by atoms with E-state index in [2.05, 4.69) is 10.3 Å². The van der Waals surface area contributed by atoms with Crippen molar-refractivity contribution in [3.8, 4) is 0 Å². The second kappa shape index (κ2) is 5.75. The van der Waals surface area contributed by atoms with Gasteiger partial charge in [0.05, 0.1) is 6.04 Å². The zero-order valence-corrected chi connectivity index (χ0v) is 11.2. The number of aromatic nitrogens is 1. The average Bonchev–Trinajstić information content (AvgIpc) is 2.41. The van der Waals surface area contributed by atoms with Crippen LogP contribution in [0.4, 0.5) is 10.1 Å². The van der Waals surface area contributed by atoms with E-state index in [1.807, 2.05) is 19.1 Å². The van der Waals surface area contributed by atoms with E-state index < -0.39 is 0 Å². The van der Waals surface area contributed by atoms with Gasteiger partial charge < -0.3 is 11.1 Å². The SMILES string of the molecule is CC(Nc1ccc(F)cc1C(N)=S)c1cccnc1. The highest BCUT2D eigenvalue weighted by Gasteiger charge is 2.11. The van der Waals surface area contributed by atoms with E-state index in [1.165, 1.54) is 12.1 Å². The van der Waals surface area contributed by atoms with Gasteiger partial charge >= 0.3 is 0 Å². The van der Waals surface area contributed by atoms with Gasteiger partial charge in [-0.25, -0.2) is 4.39 Å². The largest absolute Gasteiger partial charge is 0.389 e. The summed E-state index contributed by atoms with van der Waals surface area (Å²) in [5, 5.41) is 3.26. The third-order valence-corrected chi connectivity index (χ3v) is 3.02. The number of halogens is 1.